The average molecular weight is 2100 g/mol. The fourth-order valence-corrected chi connectivity index (χ4v) is 12.9. The summed E-state index contributed by atoms with van der Waals surface area (Å²) in [6, 6.07) is 0. The van der Waals surface area contributed by atoms with Gasteiger partial charge in [0.1, 0.15) is 23.0 Å². The summed E-state index contributed by atoms with van der Waals surface area (Å²) in [5, 5.41) is 26.5. The lowest BCUT2D eigenvalue weighted by Gasteiger charge is -2.24. The van der Waals surface area contributed by atoms with Gasteiger partial charge in [-0.05, 0) is 222 Å². The summed E-state index contributed by atoms with van der Waals surface area (Å²) in [6.07, 6.45) is 53.9. The SMILES string of the molecule is CC(=O)C1(CC(C)C)CC1.CC(=O)CCC(C)C.CC(=O)CCCC(C)C.CC(C)CC(C)(C)C.CC(C)CC(C)C.CC(C)CC(O)(CO)CO.CCC.CCC.CCC.CCC.CCC.CCC.CCC.CCC.CCC.CCC.CCC.CCC.CCC.CCC(C)(C)CC(C)C.CCC(C)CC(C)C.CCC(C)CC(C)C.CCC1(CC(C)C)CC1.CCCC(C)C.CCCCC(C)C.CCCCCC(C)C. The highest BCUT2D eigenvalue weighted by molar-refractivity contribution is 5.85. The van der Waals surface area contributed by atoms with Crippen LogP contribution in [0.1, 0.15) is 768 Å². The van der Waals surface area contributed by atoms with Gasteiger partial charge in [0.15, 0.2) is 0 Å². The third-order valence-electron chi connectivity index (χ3n) is 19.1. The van der Waals surface area contributed by atoms with Crippen LogP contribution < -0.4 is 0 Å². The predicted octanol–water partition coefficient (Wildman–Crippen LogP) is 52.1. The molecule has 6 heteroatoms. The minimum atomic E-state index is -1.28. The van der Waals surface area contributed by atoms with Gasteiger partial charge in [0.25, 0.3) is 0 Å². The molecule has 2 aliphatic carbocycles. The molecule has 918 valence electrons. The molecule has 2 saturated carbocycles. The first-order chi connectivity index (χ1) is 67.1. The molecular weight excluding hydrogens is 1780 g/mol. The van der Waals surface area contributed by atoms with Gasteiger partial charge in [-0.25, -0.2) is 0 Å². The topological polar surface area (TPSA) is 112 Å². The number of ketones is 3. The molecule has 0 heterocycles. The van der Waals surface area contributed by atoms with E-state index in [1.807, 2.05) is 13.8 Å². The third-order valence-corrected chi connectivity index (χ3v) is 19.1. The zero-order valence-corrected chi connectivity index (χ0v) is 119. The van der Waals surface area contributed by atoms with Gasteiger partial charge >= 0.3 is 0 Å². The number of unbranched alkanes of at least 4 members (excludes halogenated alkanes) is 3. The Hall–Kier alpha value is -1.11. The van der Waals surface area contributed by atoms with Crippen LogP contribution in [0.5, 0.6) is 0 Å². The molecule has 0 aromatic carbocycles. The van der Waals surface area contributed by atoms with Gasteiger partial charge in [-0.1, -0.05) is 644 Å². The molecule has 0 aromatic rings. The van der Waals surface area contributed by atoms with E-state index >= 15 is 0 Å². The van der Waals surface area contributed by atoms with E-state index in [-0.39, 0.29) is 24.5 Å². The Morgan fingerprint density at radius 3 is 0.596 bits per heavy atom. The smallest absolute Gasteiger partial charge is 0.135 e. The molecule has 0 aliphatic heterocycles. The summed E-state index contributed by atoms with van der Waals surface area (Å²) in [5.41, 5.74) is 0.749. The first-order valence-corrected chi connectivity index (χ1v) is 64.5. The molecule has 0 bridgehead atoms. The second-order valence-electron chi connectivity index (χ2n) is 51.0. The van der Waals surface area contributed by atoms with Crippen molar-refractivity contribution in [3.8, 4) is 0 Å². The highest BCUT2D eigenvalue weighted by atomic mass is 16.4. The Morgan fingerprint density at radius 2 is 0.507 bits per heavy atom. The molecule has 6 nitrogen and oxygen atoms in total. The first-order valence-electron chi connectivity index (χ1n) is 64.5. The first kappa shape index (κ1) is 205. The number of Topliss-reactive ketones (excluding diaryl/α,β-unsaturated/α-hetero) is 3. The van der Waals surface area contributed by atoms with Crippen molar-refractivity contribution >= 4 is 17.3 Å². The van der Waals surface area contributed by atoms with Crippen LogP contribution >= 0.6 is 0 Å². The lowest BCUT2D eigenvalue weighted by Crippen LogP contribution is -2.38. The largest absolute Gasteiger partial charge is 0.393 e. The Balaban J connectivity index is -0.0000000488. The van der Waals surface area contributed by atoms with Gasteiger partial charge in [-0.15, -0.1) is 0 Å². The zero-order valence-electron chi connectivity index (χ0n) is 119. The molecule has 2 aliphatic rings. The van der Waals surface area contributed by atoms with Crippen molar-refractivity contribution in [2.24, 2.45) is 116 Å². The van der Waals surface area contributed by atoms with Crippen molar-refractivity contribution < 1.29 is 29.7 Å². The van der Waals surface area contributed by atoms with Crippen molar-refractivity contribution in [2.75, 3.05) is 13.2 Å². The standard InChI is InChI=1S/C9H16O.C9H18.C9H20.C8H16O.4C8H18.C7H16O3.C7H14O.2C7H16.C6H14.13C3H8/c1-7(2)6-9(4-5-9)8(3)10;1-4-9(5-6-9)7-8(2)3;1-6-9(4,5)7-8(2)3;1-7(2)5-4-6-8(3)9;1-7(2)6-8(3,4)5;2*1-5-8(4)6-7(2)3;1-4-5-6-7-8(2)3;1-6(2)3-7(10,4-8)5-9;1-6(2)4-5-7(3)8;1-6(2)5-7(3)4;1-4-5-6-7(2)3;1-4-5-6(2)3;13*1-3-2/h7H,4-6H2,1-3H3;8H,4-7H2,1-3H3;8H,6-7H2,1-5H3;7H,4-6H2,1-3H3;7H,6H2,1-5H3;2*7-8H,5-6H2,1-4H3;8H,4-7H2,1-3H3;6,8-10H,3-5H2,1-2H3;6H,4-5H2,1-3H3;6-7H,5H2,1-4H3;7H,4-6H2,1-3H3;6H,4-5H2,1-3H3;13*3H2,1-2H3. The maximum Gasteiger partial charge on any atom is 0.135 e. The number of carbonyl (C=O) groups excluding carboxylic acids is 3. The van der Waals surface area contributed by atoms with Crippen molar-refractivity contribution in [3.05, 3.63) is 0 Å². The molecular formula is C140H322O6. The summed E-state index contributed by atoms with van der Waals surface area (Å²) in [7, 11) is 0. The molecule has 2 rings (SSSR count). The molecule has 2 atom stereocenters. The van der Waals surface area contributed by atoms with E-state index in [2.05, 4.69) is 457 Å². The van der Waals surface area contributed by atoms with E-state index in [0.29, 0.717) is 46.4 Å². The van der Waals surface area contributed by atoms with Crippen LogP contribution in [0.4, 0.5) is 0 Å². The Bertz CT molecular complexity index is 1900. The monoisotopic (exact) mass is 2100 g/mol. The number of rotatable bonds is 38. The molecule has 0 saturated heterocycles. The lowest BCUT2D eigenvalue weighted by molar-refractivity contribution is -0.122. The molecule has 0 spiro atoms. The second kappa shape index (κ2) is 171. The van der Waals surface area contributed by atoms with Crippen LogP contribution in [0.25, 0.3) is 0 Å². The van der Waals surface area contributed by atoms with Crippen molar-refractivity contribution in [1.29, 1.82) is 0 Å². The number of hydrogen-bond donors (Lipinski definition) is 3. The van der Waals surface area contributed by atoms with Crippen molar-refractivity contribution in [2.45, 2.75) is 773 Å². The van der Waals surface area contributed by atoms with Gasteiger partial charge < -0.3 is 24.9 Å². The fraction of sp³-hybridized carbons (Fsp3) is 0.979. The van der Waals surface area contributed by atoms with Crippen molar-refractivity contribution in [3.63, 3.8) is 0 Å². The quantitative estimate of drug-likeness (QED) is 0.0531. The minimum Gasteiger partial charge on any atom is -0.393 e. The summed E-state index contributed by atoms with van der Waals surface area (Å²) >= 11 is 0. The zero-order chi connectivity index (χ0) is 122. The summed E-state index contributed by atoms with van der Waals surface area (Å²) < 4.78 is 0. The van der Waals surface area contributed by atoms with E-state index in [9.17, 15) is 19.5 Å². The summed E-state index contributed by atoms with van der Waals surface area (Å²) in [4.78, 5) is 31.8. The van der Waals surface area contributed by atoms with E-state index in [1.165, 1.54) is 225 Å². The highest BCUT2D eigenvalue weighted by Gasteiger charge is 2.47. The Labute approximate surface area is 943 Å². The average Bonchev–Trinajstić information content (AvgIpc) is 1.63. The van der Waals surface area contributed by atoms with Crippen molar-refractivity contribution in [1.82, 2.24) is 0 Å². The normalized spacial score (nSPS) is 11.6. The molecule has 2 fully saturated rings. The van der Waals surface area contributed by atoms with E-state index in [0.717, 1.165) is 127 Å². The molecule has 0 radical (unpaired) electrons. The third kappa shape index (κ3) is 348. The van der Waals surface area contributed by atoms with E-state index in [1.54, 1.807) is 20.8 Å². The number of aliphatic hydroxyl groups excluding tert-OH is 2. The van der Waals surface area contributed by atoms with Crippen LogP contribution in [0, 0.1) is 116 Å². The lowest BCUT2D eigenvalue weighted by atomic mass is 9.82. The molecule has 2 unspecified atom stereocenters. The molecule has 146 heavy (non-hydrogen) atoms. The molecule has 0 amide bonds. The van der Waals surface area contributed by atoms with Gasteiger partial charge in [-0.2, -0.15) is 0 Å². The molecule has 3 N–H and O–H groups in total. The van der Waals surface area contributed by atoms with Crippen LogP contribution in [0.2, 0.25) is 0 Å². The van der Waals surface area contributed by atoms with E-state index < -0.39 is 5.60 Å². The highest BCUT2D eigenvalue weighted by Crippen LogP contribution is 2.53. The van der Waals surface area contributed by atoms with Crippen LogP contribution in [-0.2, 0) is 14.4 Å². The van der Waals surface area contributed by atoms with Gasteiger partial charge in [0.05, 0.1) is 13.2 Å². The number of hydrogen-bond acceptors (Lipinski definition) is 6. The van der Waals surface area contributed by atoms with Gasteiger partial charge in [0.2, 0.25) is 0 Å². The number of aliphatic hydroxyl groups is 3. The van der Waals surface area contributed by atoms with Gasteiger partial charge in [0, 0.05) is 18.3 Å². The maximum atomic E-state index is 11.1. The molecule has 0 aromatic heterocycles. The van der Waals surface area contributed by atoms with Crippen LogP contribution in [-0.4, -0.2) is 51.5 Å². The Kier molecular flexibility index (Phi) is 241. The fourth-order valence-electron chi connectivity index (χ4n) is 12.9. The summed E-state index contributed by atoms with van der Waals surface area (Å²) in [6.45, 7) is 154. The maximum absolute atomic E-state index is 11.1. The van der Waals surface area contributed by atoms with Crippen LogP contribution in [0.15, 0.2) is 0 Å². The number of carbonyl (C=O) groups is 3. The predicted molar refractivity (Wildman–Crippen MR) is 701 cm³/mol. The van der Waals surface area contributed by atoms with E-state index in [4.69, 9.17) is 10.2 Å². The minimum absolute atomic E-state index is 0.133. The van der Waals surface area contributed by atoms with Gasteiger partial charge in [-0.3, -0.25) is 4.79 Å². The summed E-state index contributed by atoms with van der Waals surface area (Å²) in [5.74, 6) is 14.0. The Morgan fingerprint density at radius 1 is 0.260 bits per heavy atom. The van der Waals surface area contributed by atoms with Crippen LogP contribution in [0.3, 0.4) is 0 Å². The second-order valence-corrected chi connectivity index (χ2v) is 51.0.